The van der Waals surface area contributed by atoms with E-state index in [2.05, 4.69) is 133 Å². The van der Waals surface area contributed by atoms with E-state index in [0.29, 0.717) is 0 Å². The van der Waals surface area contributed by atoms with Crippen LogP contribution in [0, 0.1) is 0 Å². The SMILES string of the molecule is C1=Cc2c(c3ccc(C4=CC=C(c5cccc6c5oc5c7ccccc7c7ccccc7c65)CC4)cc3c3ccccc23)CC1. The lowest BCUT2D eigenvalue weighted by Crippen LogP contribution is -1.99. The molecule has 0 aliphatic heterocycles. The highest BCUT2D eigenvalue weighted by atomic mass is 16.3. The predicted octanol–water partition coefficient (Wildman–Crippen LogP) is 12.4. The lowest BCUT2D eigenvalue weighted by molar-refractivity contribution is 0.671. The molecule has 0 N–H and O–H groups in total. The molecular formula is C44H30O. The third-order valence-electron chi connectivity index (χ3n) is 10.3. The van der Waals surface area contributed by atoms with E-state index in [0.717, 1.165) is 36.8 Å². The zero-order chi connectivity index (χ0) is 29.5. The van der Waals surface area contributed by atoms with Gasteiger partial charge in [-0.25, -0.2) is 0 Å². The molecule has 0 bridgehead atoms. The van der Waals surface area contributed by atoms with Gasteiger partial charge in [0.2, 0.25) is 0 Å². The lowest BCUT2D eigenvalue weighted by Gasteiger charge is -2.20. The maximum Gasteiger partial charge on any atom is 0.143 e. The normalized spacial score (nSPS) is 14.9. The third-order valence-corrected chi connectivity index (χ3v) is 10.3. The van der Waals surface area contributed by atoms with Gasteiger partial charge in [-0.15, -0.1) is 0 Å². The number of hydrogen-bond donors (Lipinski definition) is 0. The van der Waals surface area contributed by atoms with E-state index in [4.69, 9.17) is 4.42 Å². The maximum absolute atomic E-state index is 6.84. The second kappa shape index (κ2) is 9.55. The minimum Gasteiger partial charge on any atom is -0.455 e. The fourth-order valence-corrected chi connectivity index (χ4v) is 8.16. The Hall–Kier alpha value is -5.40. The minimum absolute atomic E-state index is 0.983. The first-order chi connectivity index (χ1) is 22.3. The molecule has 212 valence electrons. The summed E-state index contributed by atoms with van der Waals surface area (Å²) in [6, 6.07) is 40.1. The van der Waals surface area contributed by atoms with E-state index < -0.39 is 0 Å². The van der Waals surface area contributed by atoms with Gasteiger partial charge in [0.25, 0.3) is 0 Å². The Bertz CT molecular complexity index is 2640. The highest BCUT2D eigenvalue weighted by Crippen LogP contribution is 2.44. The van der Waals surface area contributed by atoms with Crippen LogP contribution in [0.2, 0.25) is 0 Å². The molecule has 0 unspecified atom stereocenters. The summed E-state index contributed by atoms with van der Waals surface area (Å²) >= 11 is 0. The van der Waals surface area contributed by atoms with Gasteiger partial charge in [0.05, 0.1) is 0 Å². The average molecular weight is 575 g/mol. The molecular weight excluding hydrogens is 544 g/mol. The molecule has 10 rings (SSSR count). The minimum atomic E-state index is 0.983. The molecule has 1 aromatic heterocycles. The highest BCUT2D eigenvalue weighted by molar-refractivity contribution is 6.30. The summed E-state index contributed by atoms with van der Waals surface area (Å²) in [5.74, 6) is 0. The molecule has 0 saturated heterocycles. The fraction of sp³-hybridized carbons (Fsp3) is 0.0909. The summed E-state index contributed by atoms with van der Waals surface area (Å²) in [6.07, 6.45) is 13.5. The number of furan rings is 1. The smallest absolute Gasteiger partial charge is 0.143 e. The fourth-order valence-electron chi connectivity index (χ4n) is 8.16. The van der Waals surface area contributed by atoms with Gasteiger partial charge < -0.3 is 4.42 Å². The van der Waals surface area contributed by atoms with Gasteiger partial charge in [-0.1, -0.05) is 127 Å². The van der Waals surface area contributed by atoms with E-state index in [-0.39, 0.29) is 0 Å². The zero-order valence-corrected chi connectivity index (χ0v) is 24.9. The largest absolute Gasteiger partial charge is 0.455 e. The molecule has 0 spiro atoms. The van der Waals surface area contributed by atoms with Gasteiger partial charge in [0, 0.05) is 21.7 Å². The van der Waals surface area contributed by atoms with E-state index in [1.54, 1.807) is 0 Å². The highest BCUT2D eigenvalue weighted by Gasteiger charge is 2.21. The van der Waals surface area contributed by atoms with Crippen molar-refractivity contribution in [3.8, 4) is 0 Å². The van der Waals surface area contributed by atoms with Crippen molar-refractivity contribution in [1.82, 2.24) is 0 Å². The zero-order valence-electron chi connectivity index (χ0n) is 24.9. The van der Waals surface area contributed by atoms with Crippen LogP contribution in [0.1, 0.15) is 41.5 Å². The van der Waals surface area contributed by atoms with E-state index in [1.807, 2.05) is 0 Å². The summed E-state index contributed by atoms with van der Waals surface area (Å²) in [5.41, 5.74) is 10.2. The molecule has 1 heterocycles. The van der Waals surface area contributed by atoms with Gasteiger partial charge in [-0.05, 0) is 97.3 Å². The van der Waals surface area contributed by atoms with Crippen molar-refractivity contribution in [3.05, 3.63) is 150 Å². The maximum atomic E-state index is 6.84. The molecule has 0 radical (unpaired) electrons. The Morgan fingerprint density at radius 1 is 0.467 bits per heavy atom. The standard InChI is InChI=1S/C44H30O/c1-2-12-33-31(10-1)32-11-3-4-15-36(32)41-26-29(24-25-37(33)41)27-20-22-28(23-21-27)30-18-9-19-40-42-38-16-7-5-13-34(38)35-14-6-8-17-39(35)44(42)45-43(30)40/h1,3-11,13-20,22,24-26H,2,12,21,23H2. The first-order valence-electron chi connectivity index (χ1n) is 16.1. The number of allylic oxidation sites excluding steroid dienone is 5. The summed E-state index contributed by atoms with van der Waals surface area (Å²) in [5, 5.41) is 12.9. The summed E-state index contributed by atoms with van der Waals surface area (Å²) in [4.78, 5) is 0. The molecule has 0 saturated carbocycles. The molecule has 0 amide bonds. The average Bonchev–Trinajstić information content (AvgIpc) is 3.52. The number of aryl methyl sites for hydroxylation is 1. The quantitative estimate of drug-likeness (QED) is 0.187. The van der Waals surface area contributed by atoms with Gasteiger partial charge in [0.1, 0.15) is 11.2 Å². The summed E-state index contributed by atoms with van der Waals surface area (Å²) in [6.45, 7) is 0. The van der Waals surface area contributed by atoms with Crippen LogP contribution in [0.15, 0.2) is 132 Å². The Morgan fingerprint density at radius 2 is 1.13 bits per heavy atom. The second-order valence-corrected chi connectivity index (χ2v) is 12.6. The van der Waals surface area contributed by atoms with Crippen molar-refractivity contribution in [2.45, 2.75) is 25.7 Å². The van der Waals surface area contributed by atoms with Crippen molar-refractivity contribution >= 4 is 82.3 Å². The van der Waals surface area contributed by atoms with Gasteiger partial charge >= 0.3 is 0 Å². The third kappa shape index (κ3) is 3.61. The van der Waals surface area contributed by atoms with Crippen LogP contribution in [-0.2, 0) is 6.42 Å². The Labute approximate surface area is 261 Å². The molecule has 1 nitrogen and oxygen atoms in total. The monoisotopic (exact) mass is 574 g/mol. The van der Waals surface area contributed by atoms with Crippen molar-refractivity contribution in [1.29, 1.82) is 0 Å². The van der Waals surface area contributed by atoms with E-state index in [1.165, 1.54) is 87.3 Å². The van der Waals surface area contributed by atoms with Crippen LogP contribution in [-0.4, -0.2) is 0 Å². The van der Waals surface area contributed by atoms with Crippen molar-refractivity contribution < 1.29 is 4.42 Å². The molecule has 8 aromatic rings. The van der Waals surface area contributed by atoms with E-state index in [9.17, 15) is 0 Å². The first-order valence-corrected chi connectivity index (χ1v) is 16.1. The van der Waals surface area contributed by atoms with Crippen LogP contribution in [0.3, 0.4) is 0 Å². The van der Waals surface area contributed by atoms with Gasteiger partial charge in [-0.2, -0.15) is 0 Å². The van der Waals surface area contributed by atoms with Gasteiger partial charge in [0.15, 0.2) is 0 Å². The first kappa shape index (κ1) is 25.0. The lowest BCUT2D eigenvalue weighted by atomic mass is 9.84. The summed E-state index contributed by atoms with van der Waals surface area (Å²) < 4.78 is 6.84. The van der Waals surface area contributed by atoms with Gasteiger partial charge in [-0.3, -0.25) is 0 Å². The topological polar surface area (TPSA) is 13.1 Å². The van der Waals surface area contributed by atoms with E-state index >= 15 is 0 Å². The van der Waals surface area contributed by atoms with Crippen molar-refractivity contribution in [2.24, 2.45) is 0 Å². The number of fused-ring (bicyclic) bond motifs is 14. The van der Waals surface area contributed by atoms with Crippen LogP contribution in [0.5, 0.6) is 0 Å². The van der Waals surface area contributed by atoms with Crippen molar-refractivity contribution in [2.75, 3.05) is 0 Å². The number of rotatable bonds is 2. The predicted molar refractivity (Wildman–Crippen MR) is 193 cm³/mol. The second-order valence-electron chi connectivity index (χ2n) is 12.6. The molecule has 2 aliphatic rings. The van der Waals surface area contributed by atoms with Crippen molar-refractivity contribution in [3.63, 3.8) is 0 Å². The molecule has 7 aromatic carbocycles. The molecule has 0 atom stereocenters. The Morgan fingerprint density at radius 3 is 1.93 bits per heavy atom. The van der Waals surface area contributed by atoms with Crippen LogP contribution < -0.4 is 0 Å². The van der Waals surface area contributed by atoms with Crippen LogP contribution >= 0.6 is 0 Å². The molecule has 1 heteroatoms. The summed E-state index contributed by atoms with van der Waals surface area (Å²) in [7, 11) is 0. The number of hydrogen-bond acceptors (Lipinski definition) is 1. The number of benzene rings is 7. The Kier molecular flexibility index (Phi) is 5.30. The molecule has 2 aliphatic carbocycles. The molecule has 0 fully saturated rings. The molecule has 45 heavy (non-hydrogen) atoms. The Balaban J connectivity index is 1.12. The number of para-hydroxylation sites is 1. The van der Waals surface area contributed by atoms with Crippen LogP contribution in [0.4, 0.5) is 0 Å². The van der Waals surface area contributed by atoms with Crippen LogP contribution in [0.25, 0.3) is 82.3 Å².